The molecule has 0 bridgehead atoms. The fourth-order valence-corrected chi connectivity index (χ4v) is 3.42. The van der Waals surface area contributed by atoms with Gasteiger partial charge in [0.25, 0.3) is 0 Å². The van der Waals surface area contributed by atoms with E-state index in [-0.39, 0.29) is 0 Å². The third-order valence-electron chi connectivity index (χ3n) is 4.57. The van der Waals surface area contributed by atoms with Crippen LogP contribution in [0.25, 0.3) is 17.2 Å². The molecule has 0 saturated carbocycles. The van der Waals surface area contributed by atoms with E-state index < -0.39 is 20.8 Å². The molecule has 0 aromatic heterocycles. The summed E-state index contributed by atoms with van der Waals surface area (Å²) in [5.41, 5.74) is 9.69. The number of fused-ring (bicyclic) bond motifs is 1. The summed E-state index contributed by atoms with van der Waals surface area (Å²) in [6.45, 7) is 2.22. The molecule has 3 aromatic carbocycles. The number of hydrogen-bond acceptors (Lipinski definition) is 0. The zero-order chi connectivity index (χ0) is 18.4. The quantitative estimate of drug-likeness (QED) is 0.387. The van der Waals surface area contributed by atoms with Crippen molar-refractivity contribution in [2.75, 3.05) is 0 Å². The van der Waals surface area contributed by atoms with Crippen molar-refractivity contribution >= 4 is 23.1 Å². The monoisotopic (exact) mass is 456 g/mol. The van der Waals surface area contributed by atoms with Crippen LogP contribution in [0.2, 0.25) is 0 Å². The Kier molecular flexibility index (Phi) is 7.32. The first-order chi connectivity index (χ1) is 12.7. The molecule has 1 aliphatic rings. The van der Waals surface area contributed by atoms with Crippen LogP contribution in [0.1, 0.15) is 29.2 Å². The van der Waals surface area contributed by atoms with Crippen molar-refractivity contribution in [3.63, 3.8) is 0 Å². The summed E-state index contributed by atoms with van der Waals surface area (Å²) < 4.78 is 0. The molecule has 0 unspecified atom stereocenters. The molecule has 3 aromatic rings. The fraction of sp³-hybridized carbons (Fsp3) is 0.130. The molecule has 0 saturated heterocycles. The van der Waals surface area contributed by atoms with E-state index >= 15 is 0 Å². The predicted octanol–water partition coefficient (Wildman–Crippen LogP) is 7.28. The molecule has 4 rings (SSSR count). The van der Waals surface area contributed by atoms with E-state index in [4.69, 9.17) is 17.0 Å². The summed E-state index contributed by atoms with van der Waals surface area (Å²) in [4.78, 5) is 0. The minimum absolute atomic E-state index is 0.826. The van der Waals surface area contributed by atoms with E-state index in [1.165, 1.54) is 39.0 Å². The number of allylic oxidation sites excluding steroid dienone is 1. The standard InChI is InChI=1S/C23H20.2ClH.Zr/c1-17-14-21-8-5-9-22(23(21)15-17)20-12-10-19(11-13-20)16-18-6-3-2-4-7-18;;;/h2-13,15H,14,16H2,1H3;2*1H;/q;;;+2/p-2. The van der Waals surface area contributed by atoms with Crippen LogP contribution in [0.5, 0.6) is 0 Å². The first-order valence-corrected chi connectivity index (χ1v) is 14.9. The van der Waals surface area contributed by atoms with Crippen molar-refractivity contribution in [2.24, 2.45) is 0 Å². The van der Waals surface area contributed by atoms with Crippen LogP contribution < -0.4 is 0 Å². The number of hydrogen-bond donors (Lipinski definition) is 0. The molecule has 0 N–H and O–H groups in total. The zero-order valence-corrected chi connectivity index (χ0v) is 18.6. The van der Waals surface area contributed by atoms with Gasteiger partial charge in [-0.05, 0) is 53.1 Å². The molecule has 26 heavy (non-hydrogen) atoms. The Morgan fingerprint density at radius 1 is 0.808 bits per heavy atom. The topological polar surface area (TPSA) is 0 Å². The maximum atomic E-state index is 4.93. The zero-order valence-electron chi connectivity index (χ0n) is 14.7. The number of rotatable bonds is 3. The molecule has 130 valence electrons. The van der Waals surface area contributed by atoms with Crippen molar-refractivity contribution in [1.82, 2.24) is 0 Å². The average Bonchev–Trinajstić information content (AvgIpc) is 3.04. The van der Waals surface area contributed by atoms with Crippen LogP contribution in [-0.4, -0.2) is 0 Å². The van der Waals surface area contributed by atoms with Gasteiger partial charge in [-0.15, -0.1) is 0 Å². The van der Waals surface area contributed by atoms with Gasteiger partial charge in [-0.3, -0.25) is 0 Å². The van der Waals surface area contributed by atoms with Crippen LogP contribution in [0.3, 0.4) is 0 Å². The van der Waals surface area contributed by atoms with E-state index in [9.17, 15) is 0 Å². The Morgan fingerprint density at radius 2 is 1.46 bits per heavy atom. The van der Waals surface area contributed by atoms with E-state index in [0.717, 1.165) is 12.8 Å². The Bertz CT molecular complexity index is 884. The van der Waals surface area contributed by atoms with Gasteiger partial charge in [-0.25, -0.2) is 0 Å². The third-order valence-corrected chi connectivity index (χ3v) is 4.57. The van der Waals surface area contributed by atoms with Gasteiger partial charge in [0.2, 0.25) is 0 Å². The molecule has 0 amide bonds. The van der Waals surface area contributed by atoms with Gasteiger partial charge in [0.05, 0.1) is 0 Å². The second-order valence-electron chi connectivity index (χ2n) is 6.48. The fourth-order valence-electron chi connectivity index (χ4n) is 3.42. The molecule has 3 heteroatoms. The predicted molar refractivity (Wildman–Crippen MR) is 110 cm³/mol. The molecule has 0 atom stereocenters. The van der Waals surface area contributed by atoms with Gasteiger partial charge in [-0.1, -0.05) is 84.4 Å². The molecule has 0 spiro atoms. The van der Waals surface area contributed by atoms with Crippen molar-refractivity contribution < 1.29 is 20.8 Å². The third kappa shape index (κ3) is 4.98. The summed E-state index contributed by atoms with van der Waals surface area (Å²) in [6.07, 6.45) is 4.42. The van der Waals surface area contributed by atoms with Gasteiger partial charge >= 0.3 is 37.9 Å². The Balaban J connectivity index is 0.000000613. The van der Waals surface area contributed by atoms with Gasteiger partial charge < -0.3 is 0 Å². The summed E-state index contributed by atoms with van der Waals surface area (Å²) in [6, 6.07) is 26.3. The maximum absolute atomic E-state index is 4.93. The Labute approximate surface area is 174 Å². The second kappa shape index (κ2) is 9.70. The van der Waals surface area contributed by atoms with E-state index in [1.54, 1.807) is 0 Å². The number of benzene rings is 3. The Morgan fingerprint density at radius 3 is 2.15 bits per heavy atom. The second-order valence-corrected chi connectivity index (χ2v) is 10.2. The minimum atomic E-state index is -0.826. The van der Waals surface area contributed by atoms with E-state index in [1.807, 2.05) is 0 Å². The molecular formula is C23H20Cl2Zr. The van der Waals surface area contributed by atoms with Crippen molar-refractivity contribution in [1.29, 1.82) is 0 Å². The average molecular weight is 459 g/mol. The van der Waals surface area contributed by atoms with Crippen LogP contribution in [0, 0.1) is 0 Å². The number of halogens is 2. The Hall–Kier alpha value is -1.14. The molecule has 0 nitrogen and oxygen atoms in total. The van der Waals surface area contributed by atoms with Crippen LogP contribution in [0.15, 0.2) is 78.4 Å². The molecule has 0 fully saturated rings. The van der Waals surface area contributed by atoms with Gasteiger partial charge in [0.1, 0.15) is 0 Å². The molecule has 1 aliphatic carbocycles. The molecule has 0 heterocycles. The van der Waals surface area contributed by atoms with Crippen LogP contribution in [-0.2, 0) is 33.7 Å². The molecular weight excluding hydrogens is 438 g/mol. The summed E-state index contributed by atoms with van der Waals surface area (Å²) in [5, 5.41) is 0. The van der Waals surface area contributed by atoms with Crippen molar-refractivity contribution in [2.45, 2.75) is 19.8 Å². The SMILES string of the molecule is CC1=Cc2c(cccc2-c2ccc(Cc3ccccc3)cc2)C1.[Cl][Zr][Cl]. The summed E-state index contributed by atoms with van der Waals surface area (Å²) in [5.74, 6) is 0. The molecule has 0 aliphatic heterocycles. The first kappa shape index (κ1) is 19.6. The molecule has 0 radical (unpaired) electrons. The van der Waals surface area contributed by atoms with Crippen LogP contribution in [0.4, 0.5) is 0 Å². The van der Waals surface area contributed by atoms with Gasteiger partial charge in [0.15, 0.2) is 0 Å². The van der Waals surface area contributed by atoms with Gasteiger partial charge in [0, 0.05) is 0 Å². The van der Waals surface area contributed by atoms with E-state index in [0.29, 0.717) is 0 Å². The first-order valence-electron chi connectivity index (χ1n) is 8.60. The normalized spacial score (nSPS) is 11.9. The van der Waals surface area contributed by atoms with Crippen molar-refractivity contribution in [3.05, 3.63) is 101 Å². The van der Waals surface area contributed by atoms with Crippen LogP contribution >= 0.6 is 17.0 Å². The summed E-state index contributed by atoms with van der Waals surface area (Å²) >= 11 is -0.826. The van der Waals surface area contributed by atoms with Crippen molar-refractivity contribution in [3.8, 4) is 11.1 Å². The van der Waals surface area contributed by atoms with Gasteiger partial charge in [-0.2, -0.15) is 0 Å². The van der Waals surface area contributed by atoms with E-state index in [2.05, 4.69) is 85.8 Å². The summed E-state index contributed by atoms with van der Waals surface area (Å²) in [7, 11) is 9.87.